The van der Waals surface area contributed by atoms with Gasteiger partial charge < -0.3 is 10.3 Å². The summed E-state index contributed by atoms with van der Waals surface area (Å²) in [5.74, 6) is 0.891. The van der Waals surface area contributed by atoms with Gasteiger partial charge in [-0.1, -0.05) is 18.2 Å². The summed E-state index contributed by atoms with van der Waals surface area (Å²) in [4.78, 5) is 7.07. The predicted molar refractivity (Wildman–Crippen MR) is 70.1 cm³/mol. The Balaban J connectivity index is 1.79. The van der Waals surface area contributed by atoms with E-state index < -0.39 is 11.7 Å². The van der Waals surface area contributed by atoms with Crippen LogP contribution in [0.5, 0.6) is 0 Å². The normalized spacial score (nSPS) is 11.8. The molecule has 0 aliphatic heterocycles. The average molecular weight is 283 g/mol. The van der Waals surface area contributed by atoms with E-state index in [4.69, 9.17) is 0 Å². The van der Waals surface area contributed by atoms with Crippen molar-refractivity contribution in [2.45, 2.75) is 25.6 Å². The van der Waals surface area contributed by atoms with Crippen LogP contribution in [0.2, 0.25) is 0 Å². The van der Waals surface area contributed by atoms with Gasteiger partial charge in [0.15, 0.2) is 0 Å². The number of aromatic nitrogens is 2. The lowest BCUT2D eigenvalue weighted by Crippen LogP contribution is -2.19. The monoisotopic (exact) mass is 283 g/mol. The smallest absolute Gasteiger partial charge is 0.349 e. The van der Waals surface area contributed by atoms with Gasteiger partial charge in [0.05, 0.1) is 5.56 Å². The Morgan fingerprint density at radius 2 is 2.00 bits per heavy atom. The maximum absolute atomic E-state index is 12.8. The summed E-state index contributed by atoms with van der Waals surface area (Å²) in [5.41, 5.74) is -0.295. The number of nitrogens with one attached hydrogen (secondary N) is 2. The standard InChI is InChI=1S/C14H16F3N3/c15-14(16,17)12-5-2-1-4-11(12)10-18-7-3-6-13-19-8-9-20-13/h1-2,4-5,8-9,18H,3,6-7,10H2,(H,19,20). The van der Waals surface area contributed by atoms with Gasteiger partial charge in [-0.25, -0.2) is 4.98 Å². The number of halogens is 3. The number of hydrogen-bond acceptors (Lipinski definition) is 2. The number of hydrogen-bond donors (Lipinski definition) is 2. The van der Waals surface area contributed by atoms with E-state index in [1.165, 1.54) is 12.1 Å². The van der Waals surface area contributed by atoms with Gasteiger partial charge in [-0.05, 0) is 24.6 Å². The number of aryl methyl sites for hydroxylation is 1. The van der Waals surface area contributed by atoms with Crippen molar-refractivity contribution in [3.05, 3.63) is 53.6 Å². The largest absolute Gasteiger partial charge is 0.416 e. The van der Waals surface area contributed by atoms with Crippen molar-refractivity contribution in [1.82, 2.24) is 15.3 Å². The van der Waals surface area contributed by atoms with Crippen molar-refractivity contribution >= 4 is 0 Å². The van der Waals surface area contributed by atoms with Gasteiger partial charge in [-0.3, -0.25) is 0 Å². The quantitative estimate of drug-likeness (QED) is 0.800. The third kappa shape index (κ3) is 4.09. The zero-order chi connectivity index (χ0) is 14.4. The molecule has 0 spiro atoms. The fraction of sp³-hybridized carbons (Fsp3) is 0.357. The average Bonchev–Trinajstić information content (AvgIpc) is 2.91. The highest BCUT2D eigenvalue weighted by Gasteiger charge is 2.32. The van der Waals surface area contributed by atoms with Crippen LogP contribution in [0.15, 0.2) is 36.7 Å². The molecule has 0 radical (unpaired) electrons. The first-order valence-corrected chi connectivity index (χ1v) is 6.41. The van der Waals surface area contributed by atoms with Crippen LogP contribution < -0.4 is 5.32 Å². The number of benzene rings is 1. The molecule has 0 saturated carbocycles. The van der Waals surface area contributed by atoms with Crippen molar-refractivity contribution in [1.29, 1.82) is 0 Å². The SMILES string of the molecule is FC(F)(F)c1ccccc1CNCCCc1ncc[nH]1. The van der Waals surface area contributed by atoms with Crippen molar-refractivity contribution < 1.29 is 13.2 Å². The highest BCUT2D eigenvalue weighted by atomic mass is 19.4. The van der Waals surface area contributed by atoms with Gasteiger partial charge in [-0.15, -0.1) is 0 Å². The van der Waals surface area contributed by atoms with Crippen LogP contribution in [-0.2, 0) is 19.1 Å². The zero-order valence-corrected chi connectivity index (χ0v) is 10.9. The third-order valence-electron chi connectivity index (χ3n) is 2.96. The number of alkyl halides is 3. The second-order valence-corrected chi connectivity index (χ2v) is 4.47. The first kappa shape index (κ1) is 14.6. The van der Waals surface area contributed by atoms with Gasteiger partial charge in [0, 0.05) is 25.4 Å². The maximum atomic E-state index is 12.8. The molecule has 1 aromatic heterocycles. The van der Waals surface area contributed by atoms with Crippen LogP contribution in [0.1, 0.15) is 23.4 Å². The van der Waals surface area contributed by atoms with Crippen LogP contribution in [0.25, 0.3) is 0 Å². The van der Waals surface area contributed by atoms with Gasteiger partial charge >= 0.3 is 6.18 Å². The molecule has 0 aliphatic rings. The highest BCUT2D eigenvalue weighted by molar-refractivity contribution is 5.29. The lowest BCUT2D eigenvalue weighted by Gasteiger charge is -2.13. The fourth-order valence-corrected chi connectivity index (χ4v) is 1.99. The molecule has 108 valence electrons. The van der Waals surface area contributed by atoms with Gasteiger partial charge in [-0.2, -0.15) is 13.2 Å². The Kier molecular flexibility index (Phi) is 4.79. The molecule has 0 unspecified atom stereocenters. The van der Waals surface area contributed by atoms with Gasteiger partial charge in [0.2, 0.25) is 0 Å². The van der Waals surface area contributed by atoms with E-state index >= 15 is 0 Å². The molecule has 0 saturated heterocycles. The molecule has 3 nitrogen and oxygen atoms in total. The molecule has 20 heavy (non-hydrogen) atoms. The summed E-state index contributed by atoms with van der Waals surface area (Å²) in [7, 11) is 0. The molecule has 0 amide bonds. The number of aromatic amines is 1. The van der Waals surface area contributed by atoms with E-state index in [1.54, 1.807) is 18.5 Å². The molecule has 0 aliphatic carbocycles. The highest BCUT2D eigenvalue weighted by Crippen LogP contribution is 2.31. The van der Waals surface area contributed by atoms with E-state index in [-0.39, 0.29) is 12.1 Å². The van der Waals surface area contributed by atoms with E-state index in [0.717, 1.165) is 24.7 Å². The molecule has 2 N–H and O–H groups in total. The van der Waals surface area contributed by atoms with Crippen LogP contribution >= 0.6 is 0 Å². The van der Waals surface area contributed by atoms with Crippen molar-refractivity contribution in [2.75, 3.05) is 6.54 Å². The second-order valence-electron chi connectivity index (χ2n) is 4.47. The molecule has 6 heteroatoms. The molecule has 0 bridgehead atoms. The van der Waals surface area contributed by atoms with E-state index in [0.29, 0.717) is 6.54 Å². The summed E-state index contributed by atoms with van der Waals surface area (Å²) in [5, 5.41) is 3.03. The Morgan fingerprint density at radius 3 is 2.70 bits per heavy atom. The Labute approximate surface area is 115 Å². The molecular formula is C14H16F3N3. The molecule has 0 fully saturated rings. The minimum atomic E-state index is -4.30. The fourth-order valence-electron chi connectivity index (χ4n) is 1.99. The molecule has 0 atom stereocenters. The Bertz CT molecular complexity index is 521. The second kappa shape index (κ2) is 6.56. The summed E-state index contributed by atoms with van der Waals surface area (Å²) >= 11 is 0. The summed E-state index contributed by atoms with van der Waals surface area (Å²) in [6, 6.07) is 5.64. The first-order chi connectivity index (χ1) is 9.57. The first-order valence-electron chi connectivity index (χ1n) is 6.41. The van der Waals surface area contributed by atoms with Crippen LogP contribution in [-0.4, -0.2) is 16.5 Å². The van der Waals surface area contributed by atoms with E-state index in [2.05, 4.69) is 15.3 Å². The van der Waals surface area contributed by atoms with Crippen LogP contribution in [0.4, 0.5) is 13.2 Å². The lowest BCUT2D eigenvalue weighted by atomic mass is 10.1. The molecule has 2 aromatic rings. The predicted octanol–water partition coefficient (Wildman–Crippen LogP) is 3.15. The summed E-state index contributed by atoms with van der Waals surface area (Å²) < 4.78 is 38.3. The van der Waals surface area contributed by atoms with Crippen molar-refractivity contribution in [3.63, 3.8) is 0 Å². The van der Waals surface area contributed by atoms with Crippen molar-refractivity contribution in [2.24, 2.45) is 0 Å². The zero-order valence-electron chi connectivity index (χ0n) is 10.9. The number of rotatable bonds is 6. The van der Waals surface area contributed by atoms with Crippen LogP contribution in [0.3, 0.4) is 0 Å². The summed E-state index contributed by atoms with van der Waals surface area (Å²) in [6.07, 6.45) is 0.736. The molecule has 1 aromatic carbocycles. The molecular weight excluding hydrogens is 267 g/mol. The minimum Gasteiger partial charge on any atom is -0.349 e. The lowest BCUT2D eigenvalue weighted by molar-refractivity contribution is -0.138. The van der Waals surface area contributed by atoms with Gasteiger partial charge in [0.1, 0.15) is 5.82 Å². The van der Waals surface area contributed by atoms with Gasteiger partial charge in [0.25, 0.3) is 0 Å². The van der Waals surface area contributed by atoms with E-state index in [1.807, 2.05) is 0 Å². The Morgan fingerprint density at radius 1 is 1.20 bits per heavy atom. The van der Waals surface area contributed by atoms with Crippen molar-refractivity contribution in [3.8, 4) is 0 Å². The van der Waals surface area contributed by atoms with Crippen LogP contribution in [0, 0.1) is 0 Å². The Hall–Kier alpha value is -1.82. The number of imidazole rings is 1. The number of nitrogens with zero attached hydrogens (tertiary/aromatic N) is 1. The molecule has 1 heterocycles. The van der Waals surface area contributed by atoms with E-state index in [9.17, 15) is 13.2 Å². The topological polar surface area (TPSA) is 40.7 Å². The minimum absolute atomic E-state index is 0.216. The third-order valence-corrected chi connectivity index (χ3v) is 2.96. The maximum Gasteiger partial charge on any atom is 0.416 e. The number of H-pyrrole nitrogens is 1. The summed E-state index contributed by atoms with van der Waals surface area (Å²) in [6.45, 7) is 0.862. The molecule has 2 rings (SSSR count).